The molecule has 1 rings (SSSR count). The molecule has 1 heterocycles. The Labute approximate surface area is 83.3 Å². The first-order valence-corrected chi connectivity index (χ1v) is 5.80. The van der Waals surface area contributed by atoms with Crippen LogP contribution in [0, 0.1) is 0 Å². The maximum atomic E-state index is 10.2. The van der Waals surface area contributed by atoms with Crippen molar-refractivity contribution in [2.45, 2.75) is 37.5 Å². The number of carboxylic acid groups (broad SMARTS) is 1. The minimum atomic E-state index is -0.698. The molecular formula is C9H17NO2S. The molecule has 0 saturated carbocycles. The van der Waals surface area contributed by atoms with Gasteiger partial charge in [-0.25, -0.2) is 0 Å². The highest BCUT2D eigenvalue weighted by Crippen LogP contribution is 2.25. The zero-order chi connectivity index (χ0) is 9.68. The summed E-state index contributed by atoms with van der Waals surface area (Å²) in [5, 5.41) is 12.6. The fraction of sp³-hybridized carbons (Fsp3) is 0.889. The van der Waals surface area contributed by atoms with E-state index < -0.39 is 5.97 Å². The summed E-state index contributed by atoms with van der Waals surface area (Å²) in [6, 6.07) is 0.605. The predicted molar refractivity (Wildman–Crippen MR) is 55.2 cm³/mol. The molecule has 0 aromatic heterocycles. The normalized spacial score (nSPS) is 27.8. The van der Waals surface area contributed by atoms with Crippen molar-refractivity contribution in [3.05, 3.63) is 0 Å². The molecule has 3 nitrogen and oxygen atoms in total. The van der Waals surface area contributed by atoms with Gasteiger partial charge < -0.3 is 10.4 Å². The molecule has 1 fully saturated rings. The van der Waals surface area contributed by atoms with Crippen molar-refractivity contribution in [3.8, 4) is 0 Å². The fourth-order valence-electron chi connectivity index (χ4n) is 1.51. The van der Waals surface area contributed by atoms with Crippen molar-refractivity contribution < 1.29 is 9.90 Å². The maximum Gasteiger partial charge on any atom is 0.303 e. The van der Waals surface area contributed by atoms with Gasteiger partial charge in [-0.05, 0) is 19.4 Å². The highest BCUT2D eigenvalue weighted by molar-refractivity contribution is 8.00. The summed E-state index contributed by atoms with van der Waals surface area (Å²) in [6.07, 6.45) is 2.24. The van der Waals surface area contributed by atoms with Gasteiger partial charge in [-0.15, -0.1) is 0 Å². The van der Waals surface area contributed by atoms with Crippen LogP contribution in [0.1, 0.15) is 26.2 Å². The Bertz CT molecular complexity index is 175. The highest BCUT2D eigenvalue weighted by atomic mass is 32.2. The topological polar surface area (TPSA) is 49.3 Å². The predicted octanol–water partition coefficient (Wildman–Crippen LogP) is 1.33. The van der Waals surface area contributed by atoms with Crippen LogP contribution in [-0.2, 0) is 4.79 Å². The molecule has 76 valence electrons. The summed E-state index contributed by atoms with van der Waals surface area (Å²) in [5.41, 5.74) is 0. The van der Waals surface area contributed by atoms with Crippen LogP contribution < -0.4 is 5.32 Å². The summed E-state index contributed by atoms with van der Waals surface area (Å²) < 4.78 is 0. The smallest absolute Gasteiger partial charge is 0.303 e. The first-order chi connectivity index (χ1) is 6.18. The summed E-state index contributed by atoms with van der Waals surface area (Å²) in [4.78, 5) is 10.2. The van der Waals surface area contributed by atoms with Crippen molar-refractivity contribution in [2.24, 2.45) is 0 Å². The van der Waals surface area contributed by atoms with Crippen LogP contribution in [0.2, 0.25) is 0 Å². The van der Waals surface area contributed by atoms with Gasteiger partial charge in [-0.1, -0.05) is 6.92 Å². The molecule has 0 spiro atoms. The molecule has 0 aromatic carbocycles. The van der Waals surface area contributed by atoms with Crippen molar-refractivity contribution in [3.63, 3.8) is 0 Å². The van der Waals surface area contributed by atoms with Gasteiger partial charge in [0.1, 0.15) is 0 Å². The Morgan fingerprint density at radius 3 is 3.00 bits per heavy atom. The second kappa shape index (κ2) is 5.50. The third kappa shape index (κ3) is 4.52. The number of thioether (sulfide) groups is 1. The van der Waals surface area contributed by atoms with Crippen molar-refractivity contribution in [1.82, 2.24) is 5.32 Å². The van der Waals surface area contributed by atoms with Gasteiger partial charge >= 0.3 is 5.97 Å². The quantitative estimate of drug-likeness (QED) is 0.662. The molecule has 1 saturated heterocycles. The number of aliphatic carboxylic acids is 1. The molecular weight excluding hydrogens is 186 g/mol. The van der Waals surface area contributed by atoms with Gasteiger partial charge in [0.2, 0.25) is 0 Å². The Balaban J connectivity index is 1.97. The average Bonchev–Trinajstić information content (AvgIpc) is 2.45. The number of carboxylic acids is 1. The monoisotopic (exact) mass is 203 g/mol. The lowest BCUT2D eigenvalue weighted by atomic mass is 10.2. The lowest BCUT2D eigenvalue weighted by Gasteiger charge is -2.10. The Morgan fingerprint density at radius 1 is 1.69 bits per heavy atom. The molecule has 2 unspecified atom stereocenters. The highest BCUT2D eigenvalue weighted by Gasteiger charge is 2.20. The molecule has 1 aliphatic heterocycles. The minimum Gasteiger partial charge on any atom is -0.481 e. The molecule has 0 amide bonds. The third-order valence-corrected chi connectivity index (χ3v) is 3.56. The fourth-order valence-corrected chi connectivity index (χ4v) is 2.69. The van der Waals surface area contributed by atoms with Gasteiger partial charge in [-0.2, -0.15) is 11.8 Å². The maximum absolute atomic E-state index is 10.2. The van der Waals surface area contributed by atoms with E-state index in [4.69, 9.17) is 5.11 Å². The largest absolute Gasteiger partial charge is 0.481 e. The molecule has 0 aromatic rings. The number of nitrogens with one attached hydrogen (secondary N) is 1. The molecule has 2 atom stereocenters. The van der Waals surface area contributed by atoms with E-state index in [9.17, 15) is 4.79 Å². The summed E-state index contributed by atoms with van der Waals surface area (Å²) >= 11 is 1.99. The van der Waals surface area contributed by atoms with Crippen molar-refractivity contribution in [2.75, 3.05) is 12.3 Å². The van der Waals surface area contributed by atoms with Crippen molar-refractivity contribution >= 4 is 17.7 Å². The molecule has 4 heteroatoms. The van der Waals surface area contributed by atoms with Gasteiger partial charge in [0, 0.05) is 23.5 Å². The minimum absolute atomic E-state index is 0.280. The van der Waals surface area contributed by atoms with E-state index in [1.807, 2.05) is 11.8 Å². The SMILES string of the molecule is CC1CC(NCCCC(=O)O)CS1. The molecule has 2 N–H and O–H groups in total. The van der Waals surface area contributed by atoms with Gasteiger partial charge in [0.05, 0.1) is 0 Å². The Hall–Kier alpha value is -0.220. The zero-order valence-corrected chi connectivity index (χ0v) is 8.77. The van der Waals surface area contributed by atoms with E-state index >= 15 is 0 Å². The Kier molecular flexibility index (Phi) is 4.59. The summed E-state index contributed by atoms with van der Waals surface area (Å²) in [5.74, 6) is 0.477. The lowest BCUT2D eigenvalue weighted by molar-refractivity contribution is -0.137. The van der Waals surface area contributed by atoms with Gasteiger partial charge in [0.25, 0.3) is 0 Å². The Morgan fingerprint density at radius 2 is 2.46 bits per heavy atom. The molecule has 0 bridgehead atoms. The van der Waals surface area contributed by atoms with Gasteiger partial charge in [-0.3, -0.25) is 4.79 Å². The van der Waals surface area contributed by atoms with Crippen LogP contribution in [-0.4, -0.2) is 34.7 Å². The van der Waals surface area contributed by atoms with E-state index in [1.165, 1.54) is 12.2 Å². The zero-order valence-electron chi connectivity index (χ0n) is 7.95. The van der Waals surface area contributed by atoms with E-state index in [1.54, 1.807) is 0 Å². The summed E-state index contributed by atoms with van der Waals surface area (Å²) in [6.45, 7) is 3.08. The third-order valence-electron chi connectivity index (χ3n) is 2.20. The first kappa shape index (κ1) is 10.9. The second-order valence-corrected chi connectivity index (χ2v) is 5.00. The number of hydrogen-bond acceptors (Lipinski definition) is 3. The van der Waals surface area contributed by atoms with E-state index in [-0.39, 0.29) is 6.42 Å². The number of carbonyl (C=O) groups is 1. The van der Waals surface area contributed by atoms with E-state index in [0.29, 0.717) is 6.04 Å². The van der Waals surface area contributed by atoms with Crippen LogP contribution in [0.5, 0.6) is 0 Å². The molecule has 1 aliphatic rings. The molecule has 13 heavy (non-hydrogen) atoms. The van der Waals surface area contributed by atoms with Gasteiger partial charge in [0.15, 0.2) is 0 Å². The van der Waals surface area contributed by atoms with Crippen LogP contribution in [0.3, 0.4) is 0 Å². The first-order valence-electron chi connectivity index (χ1n) is 4.75. The van der Waals surface area contributed by atoms with Crippen LogP contribution in [0.15, 0.2) is 0 Å². The van der Waals surface area contributed by atoms with Crippen LogP contribution in [0.25, 0.3) is 0 Å². The summed E-state index contributed by atoms with van der Waals surface area (Å²) in [7, 11) is 0. The number of rotatable bonds is 5. The van der Waals surface area contributed by atoms with Crippen LogP contribution >= 0.6 is 11.8 Å². The van der Waals surface area contributed by atoms with Crippen molar-refractivity contribution in [1.29, 1.82) is 0 Å². The molecule has 0 radical (unpaired) electrons. The number of hydrogen-bond donors (Lipinski definition) is 2. The standard InChI is InChI=1S/C9H17NO2S/c1-7-5-8(6-13-7)10-4-2-3-9(11)12/h7-8,10H,2-6H2,1H3,(H,11,12). The average molecular weight is 203 g/mol. The second-order valence-electron chi connectivity index (χ2n) is 3.53. The lowest BCUT2D eigenvalue weighted by Crippen LogP contribution is -2.30. The van der Waals surface area contributed by atoms with E-state index in [2.05, 4.69) is 12.2 Å². The van der Waals surface area contributed by atoms with Crippen LogP contribution in [0.4, 0.5) is 0 Å². The van der Waals surface area contributed by atoms with E-state index in [0.717, 1.165) is 18.2 Å². The molecule has 0 aliphatic carbocycles.